The SMILES string of the molecule is Cc1ccc(N(C)c2cc3c(cc2-c2ccc(Cl)c(C(=O)O)c2)SNCN3c2ccccc2)cc1. The van der Waals surface area contributed by atoms with Crippen molar-refractivity contribution in [3.63, 3.8) is 0 Å². The van der Waals surface area contributed by atoms with E-state index in [1.54, 1.807) is 24.1 Å². The van der Waals surface area contributed by atoms with Gasteiger partial charge in [0.15, 0.2) is 0 Å². The molecule has 5 rings (SSSR count). The van der Waals surface area contributed by atoms with E-state index in [0.29, 0.717) is 6.67 Å². The van der Waals surface area contributed by atoms with Crippen LogP contribution in [0.25, 0.3) is 11.1 Å². The molecule has 4 aromatic carbocycles. The predicted molar refractivity (Wildman–Crippen MR) is 146 cm³/mol. The van der Waals surface area contributed by atoms with Crippen LogP contribution in [0.15, 0.2) is 89.8 Å². The molecule has 176 valence electrons. The number of nitrogens with one attached hydrogen (secondary N) is 1. The summed E-state index contributed by atoms with van der Waals surface area (Å²) < 4.78 is 3.41. The van der Waals surface area contributed by atoms with E-state index < -0.39 is 5.97 Å². The smallest absolute Gasteiger partial charge is 0.337 e. The molecule has 0 bridgehead atoms. The fraction of sp³-hybridized carbons (Fsp3) is 0.107. The number of carbonyl (C=O) groups is 1. The van der Waals surface area contributed by atoms with Crippen molar-refractivity contribution in [2.24, 2.45) is 0 Å². The number of fused-ring (bicyclic) bond motifs is 1. The maximum atomic E-state index is 11.8. The van der Waals surface area contributed by atoms with Crippen LogP contribution in [0.5, 0.6) is 0 Å². The second-order valence-corrected chi connectivity index (χ2v) is 9.74. The first-order valence-corrected chi connectivity index (χ1v) is 12.4. The van der Waals surface area contributed by atoms with E-state index in [1.165, 1.54) is 5.56 Å². The Bertz CT molecular complexity index is 1390. The number of aryl methyl sites for hydroxylation is 1. The fourth-order valence-corrected chi connectivity index (χ4v) is 5.22. The van der Waals surface area contributed by atoms with Gasteiger partial charge in [-0.3, -0.25) is 0 Å². The maximum Gasteiger partial charge on any atom is 0.337 e. The summed E-state index contributed by atoms with van der Waals surface area (Å²) in [5.41, 5.74) is 7.18. The molecule has 0 atom stereocenters. The first kappa shape index (κ1) is 23.3. The number of hydrogen-bond donors (Lipinski definition) is 2. The number of rotatable bonds is 5. The van der Waals surface area contributed by atoms with Crippen molar-refractivity contribution in [3.05, 3.63) is 101 Å². The van der Waals surface area contributed by atoms with Crippen LogP contribution in [0, 0.1) is 6.92 Å². The third-order valence-corrected chi connectivity index (χ3v) is 7.28. The Morgan fingerprint density at radius 1 is 1.03 bits per heavy atom. The van der Waals surface area contributed by atoms with Crippen molar-refractivity contribution in [3.8, 4) is 11.1 Å². The lowest BCUT2D eigenvalue weighted by molar-refractivity contribution is 0.0697. The Hall–Kier alpha value is -3.45. The molecule has 0 amide bonds. The lowest BCUT2D eigenvalue weighted by atomic mass is 9.99. The van der Waals surface area contributed by atoms with Gasteiger partial charge in [0.05, 0.1) is 28.6 Å². The van der Waals surface area contributed by atoms with Crippen LogP contribution in [-0.2, 0) is 0 Å². The van der Waals surface area contributed by atoms with Crippen molar-refractivity contribution in [2.75, 3.05) is 23.5 Å². The van der Waals surface area contributed by atoms with Crippen LogP contribution < -0.4 is 14.5 Å². The molecule has 35 heavy (non-hydrogen) atoms. The summed E-state index contributed by atoms with van der Waals surface area (Å²) in [5, 5.41) is 9.88. The lowest BCUT2D eigenvalue weighted by Gasteiger charge is -2.34. The van der Waals surface area contributed by atoms with E-state index in [1.807, 2.05) is 31.3 Å². The van der Waals surface area contributed by atoms with E-state index >= 15 is 0 Å². The van der Waals surface area contributed by atoms with Crippen LogP contribution in [0.3, 0.4) is 0 Å². The van der Waals surface area contributed by atoms with Gasteiger partial charge in [-0.2, -0.15) is 0 Å². The molecule has 1 aliphatic rings. The van der Waals surface area contributed by atoms with E-state index in [0.717, 1.165) is 38.8 Å². The minimum Gasteiger partial charge on any atom is -0.478 e. The Morgan fingerprint density at radius 2 is 1.77 bits per heavy atom. The molecule has 1 heterocycles. The van der Waals surface area contributed by atoms with Gasteiger partial charge in [0, 0.05) is 28.9 Å². The molecule has 0 aromatic heterocycles. The second-order valence-electron chi connectivity index (χ2n) is 8.40. The first-order chi connectivity index (χ1) is 16.9. The summed E-state index contributed by atoms with van der Waals surface area (Å²) in [6.45, 7) is 2.73. The molecule has 0 fully saturated rings. The number of hydrogen-bond acceptors (Lipinski definition) is 5. The highest BCUT2D eigenvalue weighted by Crippen LogP contribution is 2.45. The Balaban J connectivity index is 1.71. The molecule has 4 aromatic rings. The molecular weight excluding hydrogens is 478 g/mol. The molecule has 0 saturated carbocycles. The van der Waals surface area contributed by atoms with Crippen LogP contribution >= 0.6 is 23.5 Å². The lowest BCUT2D eigenvalue weighted by Crippen LogP contribution is -2.31. The molecule has 0 aliphatic carbocycles. The van der Waals surface area contributed by atoms with E-state index in [-0.39, 0.29) is 10.6 Å². The molecule has 5 nitrogen and oxygen atoms in total. The van der Waals surface area contributed by atoms with Gasteiger partial charge in [-0.25, -0.2) is 9.52 Å². The Morgan fingerprint density at radius 3 is 2.49 bits per heavy atom. The third kappa shape index (κ3) is 4.60. The quantitative estimate of drug-likeness (QED) is 0.276. The van der Waals surface area contributed by atoms with Crippen LogP contribution in [0.1, 0.15) is 15.9 Å². The van der Waals surface area contributed by atoms with Crippen molar-refractivity contribution < 1.29 is 9.90 Å². The average Bonchev–Trinajstić information content (AvgIpc) is 2.88. The van der Waals surface area contributed by atoms with E-state index in [9.17, 15) is 9.90 Å². The topological polar surface area (TPSA) is 55.8 Å². The number of carboxylic acids is 1. The maximum absolute atomic E-state index is 11.8. The van der Waals surface area contributed by atoms with Crippen LogP contribution in [-0.4, -0.2) is 24.8 Å². The number of benzene rings is 4. The number of aromatic carboxylic acids is 1. The van der Waals surface area contributed by atoms with Gasteiger partial charge < -0.3 is 14.9 Å². The molecule has 1 aliphatic heterocycles. The van der Waals surface area contributed by atoms with Crippen molar-refractivity contribution in [2.45, 2.75) is 11.8 Å². The van der Waals surface area contributed by atoms with E-state index in [2.05, 4.69) is 70.0 Å². The van der Waals surface area contributed by atoms with Crippen molar-refractivity contribution >= 4 is 52.3 Å². The zero-order valence-electron chi connectivity index (χ0n) is 19.3. The Kier molecular flexibility index (Phi) is 6.43. The summed E-state index contributed by atoms with van der Waals surface area (Å²) in [7, 11) is 2.03. The summed E-state index contributed by atoms with van der Waals surface area (Å²) >= 11 is 7.76. The van der Waals surface area contributed by atoms with Gasteiger partial charge in [-0.1, -0.05) is 53.6 Å². The van der Waals surface area contributed by atoms with Gasteiger partial charge in [0.1, 0.15) is 0 Å². The predicted octanol–water partition coefficient (Wildman–Crippen LogP) is 7.49. The normalized spacial score (nSPS) is 12.8. The number of carboxylic acid groups (broad SMARTS) is 1. The first-order valence-electron chi connectivity index (χ1n) is 11.2. The minimum atomic E-state index is -1.05. The van der Waals surface area contributed by atoms with Gasteiger partial charge in [-0.15, -0.1) is 0 Å². The van der Waals surface area contributed by atoms with Gasteiger partial charge >= 0.3 is 5.97 Å². The highest BCUT2D eigenvalue weighted by Gasteiger charge is 2.24. The van der Waals surface area contributed by atoms with Gasteiger partial charge in [0.25, 0.3) is 0 Å². The van der Waals surface area contributed by atoms with E-state index in [4.69, 9.17) is 11.6 Å². The summed E-state index contributed by atoms with van der Waals surface area (Å²) in [4.78, 5) is 17.2. The molecule has 7 heteroatoms. The Labute approximate surface area is 214 Å². The fourth-order valence-electron chi connectivity index (χ4n) is 4.22. The third-order valence-electron chi connectivity index (χ3n) is 6.13. The second kappa shape index (κ2) is 9.66. The van der Waals surface area contributed by atoms with Crippen LogP contribution in [0.2, 0.25) is 5.02 Å². The molecule has 0 saturated heterocycles. The number of para-hydroxylation sites is 1. The zero-order chi connectivity index (χ0) is 24.5. The van der Waals surface area contributed by atoms with Crippen LogP contribution in [0.4, 0.5) is 22.7 Å². The molecule has 0 unspecified atom stereocenters. The molecule has 0 radical (unpaired) electrons. The summed E-state index contributed by atoms with van der Waals surface area (Å²) in [6, 6.07) is 28.1. The summed E-state index contributed by atoms with van der Waals surface area (Å²) in [5.74, 6) is -1.05. The number of anilines is 4. The monoisotopic (exact) mass is 501 g/mol. The van der Waals surface area contributed by atoms with Crippen molar-refractivity contribution in [1.29, 1.82) is 0 Å². The molecule has 2 N–H and O–H groups in total. The molecule has 0 spiro atoms. The highest BCUT2D eigenvalue weighted by molar-refractivity contribution is 7.97. The summed E-state index contributed by atoms with van der Waals surface area (Å²) in [6.07, 6.45) is 0. The molecular formula is C28H24ClN3O2S. The number of halogens is 1. The number of nitrogens with zero attached hydrogens (tertiary/aromatic N) is 2. The highest BCUT2D eigenvalue weighted by atomic mass is 35.5. The zero-order valence-corrected chi connectivity index (χ0v) is 20.9. The van der Waals surface area contributed by atoms with Gasteiger partial charge in [0.2, 0.25) is 0 Å². The minimum absolute atomic E-state index is 0.0857. The average molecular weight is 502 g/mol. The van der Waals surface area contributed by atoms with Gasteiger partial charge in [-0.05, 0) is 73.0 Å². The largest absolute Gasteiger partial charge is 0.478 e. The van der Waals surface area contributed by atoms with Crippen molar-refractivity contribution in [1.82, 2.24) is 4.72 Å². The standard InChI is InChI=1S/C28H24ClN3O2S/c1-18-8-11-20(12-9-18)31(2)25-16-26-27(35-30-17-32(26)21-6-4-3-5-7-21)15-22(25)19-10-13-24(29)23(14-19)28(33)34/h3-16,30H,17H2,1-2H3,(H,33,34).